The van der Waals surface area contributed by atoms with Crippen LogP contribution in [-0.2, 0) is 6.54 Å². The molecule has 1 fully saturated rings. The second kappa shape index (κ2) is 6.89. The van der Waals surface area contributed by atoms with E-state index in [0.717, 1.165) is 38.2 Å². The molecule has 1 aromatic rings. The standard InChI is InChI=1S/C15H24N2O2/c1-19-14-6-4-12(5-7-14)9-17-8-2-3-13(10-17)15(16)11-18/h4-7,13,15,18H,2-3,8-11,16H2,1H3. The quantitative estimate of drug-likeness (QED) is 0.840. The highest BCUT2D eigenvalue weighted by Gasteiger charge is 2.24. The fourth-order valence-electron chi connectivity index (χ4n) is 2.72. The molecule has 1 saturated heterocycles. The summed E-state index contributed by atoms with van der Waals surface area (Å²) in [6.07, 6.45) is 2.29. The molecule has 19 heavy (non-hydrogen) atoms. The van der Waals surface area contributed by atoms with E-state index in [4.69, 9.17) is 15.6 Å². The van der Waals surface area contributed by atoms with Gasteiger partial charge in [-0.25, -0.2) is 0 Å². The van der Waals surface area contributed by atoms with Gasteiger partial charge >= 0.3 is 0 Å². The van der Waals surface area contributed by atoms with Crippen molar-refractivity contribution < 1.29 is 9.84 Å². The first-order valence-electron chi connectivity index (χ1n) is 6.94. The Bertz CT molecular complexity index is 380. The summed E-state index contributed by atoms with van der Waals surface area (Å²) in [5, 5.41) is 9.16. The van der Waals surface area contributed by atoms with Crippen LogP contribution in [-0.4, -0.2) is 42.9 Å². The molecule has 3 N–H and O–H groups in total. The van der Waals surface area contributed by atoms with Gasteiger partial charge in [-0.05, 0) is 43.0 Å². The predicted octanol–water partition coefficient (Wildman–Crippen LogP) is 1.23. The molecule has 0 bridgehead atoms. The molecule has 0 saturated carbocycles. The Balaban J connectivity index is 1.90. The molecule has 2 unspecified atom stereocenters. The molecule has 0 aromatic heterocycles. The number of methoxy groups -OCH3 is 1. The van der Waals surface area contributed by atoms with E-state index in [1.54, 1.807) is 7.11 Å². The third-order valence-electron chi connectivity index (χ3n) is 3.92. The van der Waals surface area contributed by atoms with Crippen LogP contribution in [0.25, 0.3) is 0 Å². The van der Waals surface area contributed by atoms with Gasteiger partial charge in [-0.1, -0.05) is 12.1 Å². The van der Waals surface area contributed by atoms with Crippen LogP contribution in [0.4, 0.5) is 0 Å². The van der Waals surface area contributed by atoms with Gasteiger partial charge in [-0.15, -0.1) is 0 Å². The Morgan fingerprint density at radius 2 is 2.16 bits per heavy atom. The normalized spacial score (nSPS) is 22.2. The lowest BCUT2D eigenvalue weighted by Crippen LogP contribution is -2.44. The summed E-state index contributed by atoms with van der Waals surface area (Å²) >= 11 is 0. The van der Waals surface area contributed by atoms with Crippen molar-refractivity contribution in [3.63, 3.8) is 0 Å². The van der Waals surface area contributed by atoms with Crippen molar-refractivity contribution in [1.29, 1.82) is 0 Å². The zero-order valence-electron chi connectivity index (χ0n) is 11.6. The molecule has 1 aliphatic rings. The predicted molar refractivity (Wildman–Crippen MR) is 76.1 cm³/mol. The van der Waals surface area contributed by atoms with Crippen LogP contribution in [0.2, 0.25) is 0 Å². The summed E-state index contributed by atoms with van der Waals surface area (Å²) in [5.41, 5.74) is 7.24. The zero-order chi connectivity index (χ0) is 13.7. The lowest BCUT2D eigenvalue weighted by atomic mass is 9.91. The highest BCUT2D eigenvalue weighted by atomic mass is 16.5. The third kappa shape index (κ3) is 3.93. The average Bonchev–Trinajstić information content (AvgIpc) is 2.47. The van der Waals surface area contributed by atoms with Crippen molar-refractivity contribution in [2.45, 2.75) is 25.4 Å². The van der Waals surface area contributed by atoms with Gasteiger partial charge in [0.05, 0.1) is 13.7 Å². The van der Waals surface area contributed by atoms with Gasteiger partial charge in [-0.2, -0.15) is 0 Å². The van der Waals surface area contributed by atoms with Gasteiger partial charge in [0.2, 0.25) is 0 Å². The minimum Gasteiger partial charge on any atom is -0.497 e. The van der Waals surface area contributed by atoms with Crippen molar-refractivity contribution in [2.24, 2.45) is 11.7 Å². The van der Waals surface area contributed by atoms with E-state index < -0.39 is 0 Å². The number of piperidine rings is 1. The molecule has 1 aromatic carbocycles. The van der Waals surface area contributed by atoms with Gasteiger partial charge in [0.1, 0.15) is 5.75 Å². The first kappa shape index (κ1) is 14.3. The van der Waals surface area contributed by atoms with E-state index in [1.165, 1.54) is 5.56 Å². The van der Waals surface area contributed by atoms with E-state index in [1.807, 2.05) is 12.1 Å². The van der Waals surface area contributed by atoms with E-state index in [-0.39, 0.29) is 12.6 Å². The number of aliphatic hydroxyl groups excluding tert-OH is 1. The maximum absolute atomic E-state index is 9.16. The molecule has 1 aliphatic heterocycles. The van der Waals surface area contributed by atoms with Crippen LogP contribution in [0.1, 0.15) is 18.4 Å². The highest BCUT2D eigenvalue weighted by molar-refractivity contribution is 5.27. The molecule has 106 valence electrons. The van der Waals surface area contributed by atoms with Gasteiger partial charge in [0.15, 0.2) is 0 Å². The Morgan fingerprint density at radius 3 is 2.79 bits per heavy atom. The molecule has 4 heteroatoms. The largest absolute Gasteiger partial charge is 0.497 e. The molecule has 2 rings (SSSR count). The van der Waals surface area contributed by atoms with E-state index in [0.29, 0.717) is 5.92 Å². The molecule has 0 aliphatic carbocycles. The smallest absolute Gasteiger partial charge is 0.118 e. The first-order valence-corrected chi connectivity index (χ1v) is 6.94. The van der Waals surface area contributed by atoms with Crippen molar-refractivity contribution in [2.75, 3.05) is 26.8 Å². The summed E-state index contributed by atoms with van der Waals surface area (Å²) < 4.78 is 5.16. The topological polar surface area (TPSA) is 58.7 Å². The molecular formula is C15H24N2O2. The first-order chi connectivity index (χ1) is 9.22. The summed E-state index contributed by atoms with van der Waals surface area (Å²) in [5.74, 6) is 1.31. The van der Waals surface area contributed by atoms with Crippen LogP contribution < -0.4 is 10.5 Å². The summed E-state index contributed by atoms with van der Waals surface area (Å²) in [6.45, 7) is 3.12. The minimum atomic E-state index is -0.0846. The molecule has 0 radical (unpaired) electrons. The number of hydrogen-bond acceptors (Lipinski definition) is 4. The number of aliphatic hydroxyl groups is 1. The Hall–Kier alpha value is -1.10. The number of ether oxygens (including phenoxy) is 1. The molecule has 0 spiro atoms. The number of benzene rings is 1. The van der Waals surface area contributed by atoms with E-state index >= 15 is 0 Å². The van der Waals surface area contributed by atoms with Gasteiger partial charge < -0.3 is 15.6 Å². The summed E-state index contributed by atoms with van der Waals surface area (Å²) in [7, 11) is 1.68. The minimum absolute atomic E-state index is 0.0844. The molecule has 1 heterocycles. The Morgan fingerprint density at radius 1 is 1.42 bits per heavy atom. The molecular weight excluding hydrogens is 240 g/mol. The third-order valence-corrected chi connectivity index (χ3v) is 3.92. The lowest BCUT2D eigenvalue weighted by Gasteiger charge is -2.35. The van der Waals surface area contributed by atoms with E-state index in [9.17, 15) is 0 Å². The zero-order valence-corrected chi connectivity index (χ0v) is 11.6. The number of hydrogen-bond donors (Lipinski definition) is 2. The van der Waals surface area contributed by atoms with Crippen LogP contribution >= 0.6 is 0 Å². The Kier molecular flexibility index (Phi) is 5.19. The molecule has 0 amide bonds. The van der Waals surface area contributed by atoms with Gasteiger partial charge in [0.25, 0.3) is 0 Å². The van der Waals surface area contributed by atoms with Crippen LogP contribution in [0, 0.1) is 5.92 Å². The fraction of sp³-hybridized carbons (Fsp3) is 0.600. The number of nitrogens with two attached hydrogens (primary N) is 1. The van der Waals surface area contributed by atoms with Crippen LogP contribution in [0.3, 0.4) is 0 Å². The summed E-state index contributed by atoms with van der Waals surface area (Å²) in [4.78, 5) is 2.42. The van der Waals surface area contributed by atoms with Crippen molar-refractivity contribution in [1.82, 2.24) is 4.90 Å². The second-order valence-corrected chi connectivity index (χ2v) is 5.33. The highest BCUT2D eigenvalue weighted by Crippen LogP contribution is 2.21. The van der Waals surface area contributed by atoms with Crippen molar-refractivity contribution >= 4 is 0 Å². The monoisotopic (exact) mass is 264 g/mol. The SMILES string of the molecule is COc1ccc(CN2CCCC(C(N)CO)C2)cc1. The maximum Gasteiger partial charge on any atom is 0.118 e. The van der Waals surface area contributed by atoms with Crippen molar-refractivity contribution in [3.05, 3.63) is 29.8 Å². The number of rotatable bonds is 5. The van der Waals surface area contributed by atoms with Gasteiger partial charge in [-0.3, -0.25) is 4.90 Å². The second-order valence-electron chi connectivity index (χ2n) is 5.33. The van der Waals surface area contributed by atoms with Gasteiger partial charge in [0, 0.05) is 19.1 Å². The summed E-state index contributed by atoms with van der Waals surface area (Å²) in [6, 6.07) is 8.12. The maximum atomic E-state index is 9.16. The fourth-order valence-corrected chi connectivity index (χ4v) is 2.72. The lowest BCUT2D eigenvalue weighted by molar-refractivity contribution is 0.125. The molecule has 2 atom stereocenters. The van der Waals surface area contributed by atoms with Crippen LogP contribution in [0.15, 0.2) is 24.3 Å². The van der Waals surface area contributed by atoms with Crippen molar-refractivity contribution in [3.8, 4) is 5.75 Å². The van der Waals surface area contributed by atoms with Crippen LogP contribution in [0.5, 0.6) is 5.75 Å². The van der Waals surface area contributed by atoms with E-state index in [2.05, 4.69) is 17.0 Å². The number of nitrogens with zero attached hydrogens (tertiary/aromatic N) is 1. The average molecular weight is 264 g/mol. The number of likely N-dealkylation sites (tertiary alicyclic amines) is 1. The molecule has 4 nitrogen and oxygen atoms in total. The Labute approximate surface area is 115 Å².